The van der Waals surface area contributed by atoms with Gasteiger partial charge in [0.15, 0.2) is 11.2 Å². The van der Waals surface area contributed by atoms with Gasteiger partial charge in [0.2, 0.25) is 0 Å². The molecule has 1 aliphatic carbocycles. The molecule has 0 spiro atoms. The number of fused-ring (bicyclic) bond motifs is 1. The fraction of sp³-hybridized carbons (Fsp3) is 0.538. The standard InChI is InChI=1S/C13H16N4O3/c1-8(18)5-6-16-7-14-11-10(16)12(19)15(2)13(20)17(11)9-3-4-9/h7,9H,3-6H2,1-2H3. The summed E-state index contributed by atoms with van der Waals surface area (Å²) in [6.45, 7) is 1.92. The summed E-state index contributed by atoms with van der Waals surface area (Å²) in [5.74, 6) is 0.0548. The topological polar surface area (TPSA) is 78.9 Å². The minimum absolute atomic E-state index is 0.0548. The predicted molar refractivity (Wildman–Crippen MR) is 72.8 cm³/mol. The number of carbonyl (C=O) groups excluding carboxylic acids is 1. The number of nitrogens with zero attached hydrogens (tertiary/aromatic N) is 4. The molecule has 3 rings (SSSR count). The van der Waals surface area contributed by atoms with Crippen molar-refractivity contribution in [3.63, 3.8) is 0 Å². The first kappa shape index (κ1) is 12.8. The molecule has 1 fully saturated rings. The van der Waals surface area contributed by atoms with Crippen molar-refractivity contribution in [2.75, 3.05) is 0 Å². The summed E-state index contributed by atoms with van der Waals surface area (Å²) < 4.78 is 4.38. The van der Waals surface area contributed by atoms with E-state index in [-0.39, 0.29) is 23.1 Å². The zero-order chi connectivity index (χ0) is 14.4. The monoisotopic (exact) mass is 276 g/mol. The van der Waals surface area contributed by atoms with Crippen LogP contribution >= 0.6 is 0 Å². The molecule has 0 bridgehead atoms. The Hall–Kier alpha value is -2.18. The molecule has 2 aromatic heterocycles. The van der Waals surface area contributed by atoms with Gasteiger partial charge in [-0.2, -0.15) is 0 Å². The maximum absolute atomic E-state index is 12.3. The van der Waals surface area contributed by atoms with E-state index in [1.54, 1.807) is 9.13 Å². The van der Waals surface area contributed by atoms with E-state index in [1.165, 1.54) is 20.3 Å². The second-order valence-electron chi connectivity index (χ2n) is 5.31. The molecule has 1 saturated carbocycles. The molecule has 0 aromatic carbocycles. The second kappa shape index (κ2) is 4.43. The van der Waals surface area contributed by atoms with Crippen LogP contribution in [0.2, 0.25) is 0 Å². The lowest BCUT2D eigenvalue weighted by molar-refractivity contribution is -0.117. The smallest absolute Gasteiger partial charge is 0.324 e. The minimum Gasteiger partial charge on any atom is -0.324 e. The molecular weight excluding hydrogens is 260 g/mol. The number of carbonyl (C=O) groups is 1. The number of aryl methyl sites for hydroxylation is 1. The number of Topliss-reactive ketones (excluding diaryl/α,β-unsaturated/α-hetero) is 1. The maximum atomic E-state index is 12.3. The molecule has 0 atom stereocenters. The summed E-state index contributed by atoms with van der Waals surface area (Å²) in [6.07, 6.45) is 3.76. The summed E-state index contributed by atoms with van der Waals surface area (Å²) in [5, 5.41) is 0. The summed E-state index contributed by atoms with van der Waals surface area (Å²) in [6, 6.07) is 0.146. The van der Waals surface area contributed by atoms with E-state index >= 15 is 0 Å². The molecule has 0 N–H and O–H groups in total. The molecule has 0 unspecified atom stereocenters. The molecule has 0 radical (unpaired) electrons. The molecule has 1 aliphatic rings. The minimum atomic E-state index is -0.358. The molecular formula is C13H16N4O3. The summed E-state index contributed by atoms with van der Waals surface area (Å²) in [5.41, 5.74) is 0.161. The highest BCUT2D eigenvalue weighted by molar-refractivity contribution is 5.76. The van der Waals surface area contributed by atoms with Gasteiger partial charge in [0.25, 0.3) is 5.56 Å². The number of ketones is 1. The van der Waals surface area contributed by atoms with Crippen molar-refractivity contribution >= 4 is 16.9 Å². The first-order chi connectivity index (χ1) is 9.50. The quantitative estimate of drug-likeness (QED) is 0.799. The van der Waals surface area contributed by atoms with Gasteiger partial charge in [-0.25, -0.2) is 9.78 Å². The summed E-state index contributed by atoms with van der Waals surface area (Å²) in [4.78, 5) is 39.8. The molecule has 7 nitrogen and oxygen atoms in total. The lowest BCUT2D eigenvalue weighted by Crippen LogP contribution is -2.38. The molecule has 0 saturated heterocycles. The van der Waals surface area contributed by atoms with E-state index in [0.717, 1.165) is 17.4 Å². The highest BCUT2D eigenvalue weighted by Crippen LogP contribution is 2.34. The first-order valence-corrected chi connectivity index (χ1v) is 6.66. The van der Waals surface area contributed by atoms with Crippen molar-refractivity contribution in [3.8, 4) is 0 Å². The fourth-order valence-corrected chi connectivity index (χ4v) is 2.37. The van der Waals surface area contributed by atoms with Crippen molar-refractivity contribution in [1.29, 1.82) is 0 Å². The van der Waals surface area contributed by atoms with Gasteiger partial charge >= 0.3 is 5.69 Å². The Bertz CT molecular complexity index is 807. The van der Waals surface area contributed by atoms with E-state index in [1.807, 2.05) is 0 Å². The third-order valence-corrected chi connectivity index (χ3v) is 3.66. The largest absolute Gasteiger partial charge is 0.332 e. The van der Waals surface area contributed by atoms with Crippen molar-refractivity contribution < 1.29 is 4.79 Å². The lowest BCUT2D eigenvalue weighted by Gasteiger charge is -2.08. The number of rotatable bonds is 4. The van der Waals surface area contributed by atoms with Gasteiger partial charge in [0.1, 0.15) is 5.78 Å². The van der Waals surface area contributed by atoms with Crippen LogP contribution in [-0.2, 0) is 18.4 Å². The normalized spacial score (nSPS) is 14.9. The number of hydrogen-bond acceptors (Lipinski definition) is 4. The van der Waals surface area contributed by atoms with Crippen LogP contribution in [0.4, 0.5) is 0 Å². The van der Waals surface area contributed by atoms with Crippen LogP contribution in [0.15, 0.2) is 15.9 Å². The van der Waals surface area contributed by atoms with E-state index in [4.69, 9.17) is 0 Å². The third-order valence-electron chi connectivity index (χ3n) is 3.66. The van der Waals surface area contributed by atoms with E-state index in [2.05, 4.69) is 4.98 Å². The summed E-state index contributed by atoms with van der Waals surface area (Å²) >= 11 is 0. The van der Waals surface area contributed by atoms with Gasteiger partial charge in [-0.05, 0) is 19.8 Å². The average Bonchev–Trinajstić information content (AvgIpc) is 3.14. The Kier molecular flexibility index (Phi) is 2.84. The van der Waals surface area contributed by atoms with Gasteiger partial charge in [-0.1, -0.05) is 0 Å². The molecule has 106 valence electrons. The van der Waals surface area contributed by atoms with Gasteiger partial charge in [0, 0.05) is 26.1 Å². The molecule has 0 aliphatic heterocycles. The van der Waals surface area contributed by atoms with Crippen LogP contribution < -0.4 is 11.2 Å². The molecule has 0 amide bonds. The molecule has 7 heteroatoms. The van der Waals surface area contributed by atoms with Gasteiger partial charge < -0.3 is 4.57 Å². The zero-order valence-electron chi connectivity index (χ0n) is 11.5. The van der Waals surface area contributed by atoms with Gasteiger partial charge in [0.05, 0.1) is 6.33 Å². The Morgan fingerprint density at radius 2 is 2.10 bits per heavy atom. The van der Waals surface area contributed by atoms with Crippen LogP contribution in [0.1, 0.15) is 32.2 Å². The average molecular weight is 276 g/mol. The number of hydrogen-bond donors (Lipinski definition) is 0. The Labute approximate surface area is 114 Å². The Morgan fingerprint density at radius 1 is 1.40 bits per heavy atom. The SMILES string of the molecule is CC(=O)CCn1cnc2c1c(=O)n(C)c(=O)n2C1CC1. The van der Waals surface area contributed by atoms with Gasteiger partial charge in [-0.15, -0.1) is 0 Å². The molecule has 2 aromatic rings. The first-order valence-electron chi connectivity index (χ1n) is 6.66. The van der Waals surface area contributed by atoms with Crippen molar-refractivity contribution in [2.24, 2.45) is 7.05 Å². The number of imidazole rings is 1. The van der Waals surface area contributed by atoms with E-state index in [9.17, 15) is 14.4 Å². The zero-order valence-corrected chi connectivity index (χ0v) is 11.5. The maximum Gasteiger partial charge on any atom is 0.332 e. The highest BCUT2D eigenvalue weighted by atomic mass is 16.2. The van der Waals surface area contributed by atoms with Crippen molar-refractivity contribution in [1.82, 2.24) is 18.7 Å². The third kappa shape index (κ3) is 1.90. The summed E-state index contributed by atoms with van der Waals surface area (Å²) in [7, 11) is 1.48. The highest BCUT2D eigenvalue weighted by Gasteiger charge is 2.29. The van der Waals surface area contributed by atoms with Crippen LogP contribution in [0.25, 0.3) is 11.2 Å². The lowest BCUT2D eigenvalue weighted by atomic mass is 10.3. The second-order valence-corrected chi connectivity index (χ2v) is 5.31. The van der Waals surface area contributed by atoms with E-state index in [0.29, 0.717) is 24.1 Å². The van der Waals surface area contributed by atoms with Crippen LogP contribution in [0.5, 0.6) is 0 Å². The van der Waals surface area contributed by atoms with Crippen molar-refractivity contribution in [3.05, 3.63) is 27.2 Å². The van der Waals surface area contributed by atoms with E-state index < -0.39 is 0 Å². The van der Waals surface area contributed by atoms with Gasteiger partial charge in [-0.3, -0.25) is 18.7 Å². The Balaban J connectivity index is 2.24. The number of aromatic nitrogens is 4. The van der Waals surface area contributed by atoms with Crippen LogP contribution in [0, 0.1) is 0 Å². The van der Waals surface area contributed by atoms with Crippen LogP contribution in [0.3, 0.4) is 0 Å². The predicted octanol–water partition coefficient (Wildman–Crippen LogP) is 0.211. The fourth-order valence-electron chi connectivity index (χ4n) is 2.37. The van der Waals surface area contributed by atoms with Crippen molar-refractivity contribution in [2.45, 2.75) is 38.8 Å². The Morgan fingerprint density at radius 3 is 2.70 bits per heavy atom. The molecule has 2 heterocycles. The van der Waals surface area contributed by atoms with Crippen LogP contribution in [-0.4, -0.2) is 24.5 Å². The molecule has 20 heavy (non-hydrogen) atoms.